The summed E-state index contributed by atoms with van der Waals surface area (Å²) in [5.41, 5.74) is 0. The number of ether oxygens (including phenoxy) is 1. The van der Waals surface area contributed by atoms with Crippen molar-refractivity contribution >= 4 is 54.1 Å². The maximum absolute atomic E-state index is 10.1. The van der Waals surface area contributed by atoms with Crippen LogP contribution < -0.4 is 4.74 Å². The molecule has 14 heavy (non-hydrogen) atoms. The summed E-state index contributed by atoms with van der Waals surface area (Å²) in [6, 6.07) is 3.78. The molecule has 2 nitrogen and oxygen atoms in total. The standard InChI is InChI=1S/C9H7Br3O2/c10-6-4-7(11)9(8(12)5-6)14-3-1-2-13/h2,4-5H,1,3H2. The molecule has 5 heteroatoms. The molecule has 0 aliphatic carbocycles. The third-order valence-electron chi connectivity index (χ3n) is 1.45. The van der Waals surface area contributed by atoms with Crippen LogP contribution in [-0.4, -0.2) is 12.9 Å². The molecule has 0 aliphatic heterocycles. The lowest BCUT2D eigenvalue weighted by molar-refractivity contribution is -0.108. The number of halogens is 3. The van der Waals surface area contributed by atoms with Crippen molar-refractivity contribution in [3.8, 4) is 5.75 Å². The Balaban J connectivity index is 2.80. The highest BCUT2D eigenvalue weighted by Crippen LogP contribution is 2.36. The Morgan fingerprint density at radius 2 is 1.79 bits per heavy atom. The minimum absolute atomic E-state index is 0.391. The van der Waals surface area contributed by atoms with Gasteiger partial charge in [-0.2, -0.15) is 0 Å². The van der Waals surface area contributed by atoms with Crippen LogP contribution in [0.1, 0.15) is 6.42 Å². The summed E-state index contributed by atoms with van der Waals surface area (Å²) in [4.78, 5) is 10.1. The summed E-state index contributed by atoms with van der Waals surface area (Å²) in [6.45, 7) is 0.391. The quantitative estimate of drug-likeness (QED) is 0.578. The Bertz CT molecular complexity index is 316. The van der Waals surface area contributed by atoms with Gasteiger partial charge in [-0.25, -0.2) is 0 Å². The van der Waals surface area contributed by atoms with E-state index in [4.69, 9.17) is 4.74 Å². The molecule has 0 fully saturated rings. The van der Waals surface area contributed by atoms with Gasteiger partial charge in [-0.1, -0.05) is 15.9 Å². The van der Waals surface area contributed by atoms with E-state index in [9.17, 15) is 4.79 Å². The summed E-state index contributed by atoms with van der Waals surface area (Å²) in [6.07, 6.45) is 1.23. The minimum atomic E-state index is 0.391. The molecule has 0 saturated heterocycles. The predicted octanol–water partition coefficient (Wildman–Crippen LogP) is 3.94. The maximum atomic E-state index is 10.1. The summed E-state index contributed by atoms with van der Waals surface area (Å²) >= 11 is 10.1. The van der Waals surface area contributed by atoms with E-state index in [-0.39, 0.29) is 0 Å². The maximum Gasteiger partial charge on any atom is 0.147 e. The molecule has 0 aromatic heterocycles. The Labute approximate surface area is 107 Å². The molecule has 1 aromatic carbocycles. The second-order valence-corrected chi connectivity index (χ2v) is 5.13. The first-order valence-corrected chi connectivity index (χ1v) is 6.24. The topological polar surface area (TPSA) is 26.3 Å². The van der Waals surface area contributed by atoms with Crippen molar-refractivity contribution in [2.24, 2.45) is 0 Å². The fourth-order valence-corrected chi connectivity index (χ4v) is 3.36. The fourth-order valence-electron chi connectivity index (χ4n) is 0.876. The summed E-state index contributed by atoms with van der Waals surface area (Å²) in [7, 11) is 0. The second-order valence-electron chi connectivity index (χ2n) is 2.50. The molecule has 0 spiro atoms. The number of aldehydes is 1. The smallest absolute Gasteiger partial charge is 0.147 e. The first-order chi connectivity index (χ1) is 6.65. The van der Waals surface area contributed by atoms with Gasteiger partial charge >= 0.3 is 0 Å². The van der Waals surface area contributed by atoms with E-state index < -0.39 is 0 Å². The minimum Gasteiger partial charge on any atom is -0.491 e. The van der Waals surface area contributed by atoms with Gasteiger partial charge in [0.15, 0.2) is 0 Å². The average Bonchev–Trinajstić information content (AvgIpc) is 2.09. The molecule has 1 rings (SSSR count). The fraction of sp³-hybridized carbons (Fsp3) is 0.222. The third-order valence-corrected chi connectivity index (χ3v) is 3.08. The second kappa shape index (κ2) is 5.88. The largest absolute Gasteiger partial charge is 0.491 e. The van der Waals surface area contributed by atoms with Crippen LogP contribution in [0.3, 0.4) is 0 Å². The van der Waals surface area contributed by atoms with Crippen LogP contribution in [0.25, 0.3) is 0 Å². The van der Waals surface area contributed by atoms with E-state index in [1.807, 2.05) is 12.1 Å². The zero-order valence-electron chi connectivity index (χ0n) is 7.10. The third kappa shape index (κ3) is 3.37. The van der Waals surface area contributed by atoms with E-state index in [2.05, 4.69) is 47.8 Å². The van der Waals surface area contributed by atoms with Crippen molar-refractivity contribution in [2.75, 3.05) is 6.61 Å². The van der Waals surface area contributed by atoms with Crippen LogP contribution in [0.2, 0.25) is 0 Å². The van der Waals surface area contributed by atoms with E-state index in [1.165, 1.54) is 0 Å². The van der Waals surface area contributed by atoms with Crippen LogP contribution in [-0.2, 0) is 4.79 Å². The molecule has 76 valence electrons. The molecular formula is C9H7Br3O2. The number of carbonyl (C=O) groups excluding carboxylic acids is 1. The predicted molar refractivity (Wildman–Crippen MR) is 65.7 cm³/mol. The molecule has 0 radical (unpaired) electrons. The Morgan fingerprint density at radius 3 is 2.29 bits per heavy atom. The highest BCUT2D eigenvalue weighted by Gasteiger charge is 2.07. The number of hydrogen-bond acceptors (Lipinski definition) is 2. The van der Waals surface area contributed by atoms with E-state index >= 15 is 0 Å². The van der Waals surface area contributed by atoms with Crippen molar-refractivity contribution in [3.63, 3.8) is 0 Å². The lowest BCUT2D eigenvalue weighted by Gasteiger charge is -2.09. The van der Waals surface area contributed by atoms with Crippen molar-refractivity contribution < 1.29 is 9.53 Å². The van der Waals surface area contributed by atoms with Gasteiger partial charge in [0.25, 0.3) is 0 Å². The van der Waals surface area contributed by atoms with Gasteiger partial charge in [0.05, 0.1) is 15.6 Å². The van der Waals surface area contributed by atoms with Gasteiger partial charge in [0.1, 0.15) is 12.0 Å². The van der Waals surface area contributed by atoms with Crippen LogP contribution in [0.15, 0.2) is 25.6 Å². The molecule has 0 aliphatic rings. The van der Waals surface area contributed by atoms with Crippen LogP contribution in [0.5, 0.6) is 5.75 Å². The van der Waals surface area contributed by atoms with E-state index in [1.54, 1.807) is 0 Å². The van der Waals surface area contributed by atoms with Crippen molar-refractivity contribution in [2.45, 2.75) is 6.42 Å². The molecule has 0 bridgehead atoms. The monoisotopic (exact) mass is 384 g/mol. The van der Waals surface area contributed by atoms with Crippen LogP contribution >= 0.6 is 47.8 Å². The number of carbonyl (C=O) groups is 1. The highest BCUT2D eigenvalue weighted by molar-refractivity contribution is 9.11. The van der Waals surface area contributed by atoms with Crippen LogP contribution in [0.4, 0.5) is 0 Å². The van der Waals surface area contributed by atoms with Gasteiger partial charge in [0.2, 0.25) is 0 Å². The molecule has 1 aromatic rings. The number of benzene rings is 1. The van der Waals surface area contributed by atoms with Gasteiger partial charge in [0, 0.05) is 10.9 Å². The molecule has 0 unspecified atom stereocenters. The van der Waals surface area contributed by atoms with Gasteiger partial charge in [-0.15, -0.1) is 0 Å². The first-order valence-electron chi connectivity index (χ1n) is 3.86. The van der Waals surface area contributed by atoms with Crippen molar-refractivity contribution in [3.05, 3.63) is 25.6 Å². The van der Waals surface area contributed by atoms with Gasteiger partial charge < -0.3 is 9.53 Å². The van der Waals surface area contributed by atoms with Crippen molar-refractivity contribution in [1.29, 1.82) is 0 Å². The molecule has 0 heterocycles. The van der Waals surface area contributed by atoms with Crippen molar-refractivity contribution in [1.82, 2.24) is 0 Å². The van der Waals surface area contributed by atoms with Gasteiger partial charge in [-0.05, 0) is 44.0 Å². The Kier molecular flexibility index (Phi) is 5.12. The SMILES string of the molecule is O=CCCOc1c(Br)cc(Br)cc1Br. The van der Waals surface area contributed by atoms with E-state index in [0.29, 0.717) is 13.0 Å². The summed E-state index contributed by atoms with van der Waals surface area (Å²) in [5.74, 6) is 0.718. The average molecular weight is 387 g/mol. The molecule has 0 amide bonds. The molecule has 0 atom stereocenters. The number of hydrogen-bond donors (Lipinski definition) is 0. The summed E-state index contributed by atoms with van der Waals surface area (Å²) in [5, 5.41) is 0. The molecular weight excluding hydrogens is 380 g/mol. The molecule has 0 N–H and O–H groups in total. The first kappa shape index (κ1) is 12.2. The normalized spacial score (nSPS) is 9.93. The number of rotatable bonds is 4. The summed E-state index contributed by atoms with van der Waals surface area (Å²) < 4.78 is 8.08. The lowest BCUT2D eigenvalue weighted by Crippen LogP contribution is -1.99. The van der Waals surface area contributed by atoms with Crippen LogP contribution in [0, 0.1) is 0 Å². The molecule has 0 saturated carbocycles. The van der Waals surface area contributed by atoms with E-state index in [0.717, 1.165) is 25.5 Å². The van der Waals surface area contributed by atoms with Gasteiger partial charge in [-0.3, -0.25) is 0 Å². The Morgan fingerprint density at radius 1 is 1.21 bits per heavy atom. The zero-order valence-corrected chi connectivity index (χ0v) is 11.9. The highest BCUT2D eigenvalue weighted by atomic mass is 79.9. The Hall–Kier alpha value is 0.130. The zero-order chi connectivity index (χ0) is 10.6. The lowest BCUT2D eigenvalue weighted by atomic mass is 10.3.